The molecule has 5 heteroatoms. The van der Waals surface area contributed by atoms with Crippen molar-refractivity contribution >= 4 is 0 Å². The van der Waals surface area contributed by atoms with Crippen LogP contribution in [0.4, 0.5) is 13.2 Å². The Morgan fingerprint density at radius 3 is 2.05 bits per heavy atom. The average Bonchev–Trinajstić information content (AvgIpc) is 2.40. The first kappa shape index (κ1) is 14.2. The van der Waals surface area contributed by atoms with Gasteiger partial charge in [0.2, 0.25) is 0 Å². The second-order valence-electron chi connectivity index (χ2n) is 4.28. The van der Waals surface area contributed by atoms with E-state index in [1.807, 2.05) is 0 Å². The fourth-order valence-electron chi connectivity index (χ4n) is 1.74. The molecule has 2 nitrogen and oxygen atoms in total. The molecule has 0 aromatic heterocycles. The zero-order valence-electron chi connectivity index (χ0n) is 11.0. The van der Waals surface area contributed by atoms with Gasteiger partial charge in [-0.1, -0.05) is 18.2 Å². The minimum absolute atomic E-state index is 0.477. The van der Waals surface area contributed by atoms with Crippen molar-refractivity contribution in [3.05, 3.63) is 48.3 Å². The van der Waals surface area contributed by atoms with Crippen molar-refractivity contribution in [3.8, 4) is 22.6 Å². The summed E-state index contributed by atoms with van der Waals surface area (Å²) in [5.74, 6) is -0.630. The van der Waals surface area contributed by atoms with Gasteiger partial charge < -0.3 is 9.47 Å². The maximum atomic E-state index is 13.7. The van der Waals surface area contributed by atoms with Crippen LogP contribution in [0.3, 0.4) is 0 Å². The maximum absolute atomic E-state index is 13.7. The molecule has 0 spiro atoms. The summed E-state index contributed by atoms with van der Waals surface area (Å²) in [6, 6.07) is 10.8. The number of benzene rings is 2. The number of methoxy groups -OCH3 is 1. The predicted molar refractivity (Wildman–Crippen MR) is 69.6 cm³/mol. The van der Waals surface area contributed by atoms with Gasteiger partial charge in [-0.3, -0.25) is 0 Å². The van der Waals surface area contributed by atoms with Crippen molar-refractivity contribution in [1.82, 2.24) is 0 Å². The summed E-state index contributed by atoms with van der Waals surface area (Å²) < 4.78 is 48.4. The van der Waals surface area contributed by atoms with Crippen molar-refractivity contribution in [2.24, 2.45) is 0 Å². The van der Waals surface area contributed by atoms with Gasteiger partial charge in [0, 0.05) is 6.92 Å². The van der Waals surface area contributed by atoms with Crippen LogP contribution < -0.4 is 9.47 Å². The van der Waals surface area contributed by atoms with Gasteiger partial charge in [0.05, 0.1) is 7.11 Å². The molecule has 2 aromatic rings. The van der Waals surface area contributed by atoms with Gasteiger partial charge in [0.15, 0.2) is 11.6 Å². The molecule has 0 fully saturated rings. The minimum atomic E-state index is -3.41. The Hall–Kier alpha value is -2.17. The fourth-order valence-corrected chi connectivity index (χ4v) is 1.74. The highest BCUT2D eigenvalue weighted by atomic mass is 19.3. The van der Waals surface area contributed by atoms with Crippen LogP contribution in [0.25, 0.3) is 11.1 Å². The lowest BCUT2D eigenvalue weighted by Gasteiger charge is -2.14. The molecule has 0 N–H and O–H groups in total. The molecule has 0 saturated carbocycles. The fraction of sp³-hybridized carbons (Fsp3) is 0.200. The molecular formula is C15H13F3O2. The van der Waals surface area contributed by atoms with E-state index in [2.05, 4.69) is 4.74 Å². The molecular weight excluding hydrogens is 269 g/mol. The van der Waals surface area contributed by atoms with E-state index in [1.165, 1.54) is 12.1 Å². The van der Waals surface area contributed by atoms with E-state index in [9.17, 15) is 13.2 Å². The van der Waals surface area contributed by atoms with Crippen molar-refractivity contribution in [2.75, 3.05) is 7.11 Å². The Kier molecular flexibility index (Phi) is 3.88. The number of rotatable bonds is 4. The van der Waals surface area contributed by atoms with E-state index in [-0.39, 0.29) is 0 Å². The van der Waals surface area contributed by atoms with E-state index in [4.69, 9.17) is 4.74 Å². The largest absolute Gasteiger partial charge is 0.497 e. The predicted octanol–water partition coefficient (Wildman–Crippen LogP) is 4.49. The Morgan fingerprint density at radius 2 is 1.55 bits per heavy atom. The number of halogens is 3. The average molecular weight is 282 g/mol. The molecule has 0 unspecified atom stereocenters. The highest BCUT2D eigenvalue weighted by Crippen LogP contribution is 2.29. The quantitative estimate of drug-likeness (QED) is 0.822. The first-order valence-corrected chi connectivity index (χ1v) is 5.90. The van der Waals surface area contributed by atoms with Crippen LogP contribution in [0, 0.1) is 5.82 Å². The Balaban J connectivity index is 2.28. The van der Waals surface area contributed by atoms with Crippen LogP contribution in [0.15, 0.2) is 42.5 Å². The van der Waals surface area contributed by atoms with Crippen LogP contribution in [-0.2, 0) is 0 Å². The van der Waals surface area contributed by atoms with Gasteiger partial charge in [-0.15, -0.1) is 0 Å². The van der Waals surface area contributed by atoms with E-state index < -0.39 is 17.7 Å². The smallest absolute Gasteiger partial charge is 0.395 e. The summed E-state index contributed by atoms with van der Waals surface area (Å²) in [5.41, 5.74) is 1.32. The van der Waals surface area contributed by atoms with Crippen LogP contribution in [-0.4, -0.2) is 13.2 Å². The Bertz CT molecular complexity index is 589. The van der Waals surface area contributed by atoms with Gasteiger partial charge in [-0.2, -0.15) is 8.78 Å². The van der Waals surface area contributed by atoms with Gasteiger partial charge in [0.1, 0.15) is 5.75 Å². The maximum Gasteiger partial charge on any atom is 0.395 e. The first-order chi connectivity index (χ1) is 9.39. The molecule has 106 valence electrons. The third kappa shape index (κ3) is 3.44. The van der Waals surface area contributed by atoms with Crippen LogP contribution in [0.2, 0.25) is 0 Å². The zero-order chi connectivity index (χ0) is 14.8. The van der Waals surface area contributed by atoms with E-state index in [1.54, 1.807) is 31.4 Å². The second kappa shape index (κ2) is 5.45. The van der Waals surface area contributed by atoms with Gasteiger partial charge >= 0.3 is 6.11 Å². The lowest BCUT2D eigenvalue weighted by Crippen LogP contribution is -2.19. The molecule has 2 rings (SSSR count). The lowest BCUT2D eigenvalue weighted by atomic mass is 10.1. The van der Waals surface area contributed by atoms with E-state index in [0.717, 1.165) is 11.6 Å². The molecule has 0 atom stereocenters. The van der Waals surface area contributed by atoms with Gasteiger partial charge in [-0.25, -0.2) is 4.39 Å². The monoisotopic (exact) mass is 282 g/mol. The van der Waals surface area contributed by atoms with Crippen LogP contribution in [0.5, 0.6) is 11.5 Å². The Labute approximate surface area is 114 Å². The van der Waals surface area contributed by atoms with Crippen molar-refractivity contribution in [1.29, 1.82) is 0 Å². The molecule has 2 aromatic carbocycles. The highest BCUT2D eigenvalue weighted by Gasteiger charge is 2.24. The molecule has 0 aliphatic carbocycles. The SMILES string of the molecule is COc1ccc(-c2ccc(OC(C)(F)F)c(F)c2)cc1. The summed E-state index contributed by atoms with van der Waals surface area (Å²) in [4.78, 5) is 0. The summed E-state index contributed by atoms with van der Waals surface area (Å²) in [6.45, 7) is 0.559. The van der Waals surface area contributed by atoms with Crippen LogP contribution >= 0.6 is 0 Å². The van der Waals surface area contributed by atoms with Crippen molar-refractivity contribution < 1.29 is 22.6 Å². The molecule has 0 saturated heterocycles. The number of hydrogen-bond acceptors (Lipinski definition) is 2. The summed E-state index contributed by atoms with van der Waals surface area (Å²) in [7, 11) is 1.55. The molecule has 0 aliphatic rings. The molecule has 20 heavy (non-hydrogen) atoms. The standard InChI is InChI=1S/C15H13F3O2/c1-15(17,18)20-14-8-5-11(9-13(14)16)10-3-6-12(19-2)7-4-10/h3-9H,1-2H3. The summed E-state index contributed by atoms with van der Waals surface area (Å²) in [5, 5.41) is 0. The van der Waals surface area contributed by atoms with Gasteiger partial charge in [-0.05, 0) is 35.4 Å². The lowest BCUT2D eigenvalue weighted by molar-refractivity contribution is -0.160. The number of alkyl halides is 2. The topological polar surface area (TPSA) is 18.5 Å². The van der Waals surface area contributed by atoms with Crippen molar-refractivity contribution in [2.45, 2.75) is 13.0 Å². The first-order valence-electron chi connectivity index (χ1n) is 5.90. The van der Waals surface area contributed by atoms with E-state index in [0.29, 0.717) is 18.2 Å². The second-order valence-corrected chi connectivity index (χ2v) is 4.28. The molecule has 0 aliphatic heterocycles. The number of hydrogen-bond donors (Lipinski definition) is 0. The van der Waals surface area contributed by atoms with Crippen molar-refractivity contribution in [3.63, 3.8) is 0 Å². The van der Waals surface area contributed by atoms with E-state index >= 15 is 0 Å². The minimum Gasteiger partial charge on any atom is -0.497 e. The normalized spacial score (nSPS) is 11.2. The third-order valence-corrected chi connectivity index (χ3v) is 2.64. The zero-order valence-corrected chi connectivity index (χ0v) is 11.0. The molecule has 0 amide bonds. The van der Waals surface area contributed by atoms with Gasteiger partial charge in [0.25, 0.3) is 0 Å². The Morgan fingerprint density at radius 1 is 0.950 bits per heavy atom. The molecule has 0 bridgehead atoms. The molecule has 0 heterocycles. The summed E-state index contributed by atoms with van der Waals surface area (Å²) in [6.07, 6.45) is -3.41. The third-order valence-electron chi connectivity index (χ3n) is 2.64. The van der Waals surface area contributed by atoms with Crippen LogP contribution in [0.1, 0.15) is 6.92 Å². The summed E-state index contributed by atoms with van der Waals surface area (Å²) >= 11 is 0. The molecule has 0 radical (unpaired) electrons. The number of ether oxygens (including phenoxy) is 2. The highest BCUT2D eigenvalue weighted by molar-refractivity contribution is 5.65.